The summed E-state index contributed by atoms with van der Waals surface area (Å²) in [7, 11) is 0. The molecule has 1 aromatic carbocycles. The van der Waals surface area contributed by atoms with Crippen LogP contribution in [-0.4, -0.2) is 22.7 Å². The fourth-order valence-electron chi connectivity index (χ4n) is 1.95. The molecule has 0 unspecified atom stereocenters. The lowest BCUT2D eigenvalue weighted by Crippen LogP contribution is -2.42. The van der Waals surface area contributed by atoms with E-state index in [4.69, 9.17) is 0 Å². The number of aromatic nitrogens is 2. The highest BCUT2D eigenvalue weighted by molar-refractivity contribution is 5.73. The van der Waals surface area contributed by atoms with Gasteiger partial charge in [-0.05, 0) is 17.7 Å². The smallest absolute Gasteiger partial charge is 0.315 e. The second kappa shape index (κ2) is 7.33. The Hall–Kier alpha value is -2.58. The van der Waals surface area contributed by atoms with Crippen molar-refractivity contribution in [2.75, 3.05) is 6.54 Å². The molecule has 2 N–H and O–H groups in total. The molecule has 0 saturated carbocycles. The highest BCUT2D eigenvalue weighted by Gasteiger charge is 2.22. The van der Waals surface area contributed by atoms with E-state index in [1.807, 2.05) is 13.8 Å². The van der Waals surface area contributed by atoms with Crippen molar-refractivity contribution >= 4 is 6.03 Å². The maximum Gasteiger partial charge on any atom is 0.315 e. The lowest BCUT2D eigenvalue weighted by molar-refractivity contribution is 0.136. The average molecular weight is 342 g/mol. The Morgan fingerprint density at radius 2 is 1.92 bits per heavy atom. The number of carbonyl (C=O) groups excluding carboxylic acids is 1. The van der Waals surface area contributed by atoms with Gasteiger partial charge in [-0.2, -0.15) is 4.98 Å². The number of nitrogens with one attached hydrogen (secondary N) is 2. The van der Waals surface area contributed by atoms with Gasteiger partial charge in [0, 0.05) is 12.0 Å². The SMILES string of the molecule is CC(C)(CNC(=O)NCc1nc(C(F)F)no1)c1ccc(F)cc1. The lowest BCUT2D eigenvalue weighted by atomic mass is 9.84. The van der Waals surface area contributed by atoms with E-state index in [0.717, 1.165) is 5.56 Å². The summed E-state index contributed by atoms with van der Waals surface area (Å²) in [6.45, 7) is 3.92. The molecule has 0 radical (unpaired) electrons. The quantitative estimate of drug-likeness (QED) is 0.846. The van der Waals surface area contributed by atoms with E-state index in [-0.39, 0.29) is 24.8 Å². The zero-order chi connectivity index (χ0) is 17.7. The molecule has 0 atom stereocenters. The molecule has 2 aromatic rings. The van der Waals surface area contributed by atoms with Gasteiger partial charge in [-0.1, -0.05) is 31.1 Å². The van der Waals surface area contributed by atoms with Crippen molar-refractivity contribution in [3.63, 3.8) is 0 Å². The van der Waals surface area contributed by atoms with Crippen LogP contribution in [0.4, 0.5) is 18.0 Å². The zero-order valence-corrected chi connectivity index (χ0v) is 13.1. The number of nitrogens with zero attached hydrogens (tertiary/aromatic N) is 2. The fourth-order valence-corrected chi connectivity index (χ4v) is 1.95. The first kappa shape index (κ1) is 17.8. The third-order valence-electron chi connectivity index (χ3n) is 3.40. The lowest BCUT2D eigenvalue weighted by Gasteiger charge is -2.25. The van der Waals surface area contributed by atoms with E-state index < -0.39 is 23.7 Å². The first-order chi connectivity index (χ1) is 11.3. The van der Waals surface area contributed by atoms with Gasteiger partial charge in [0.25, 0.3) is 0 Å². The summed E-state index contributed by atoms with van der Waals surface area (Å²) < 4.78 is 42.2. The molecule has 2 rings (SSSR count). The van der Waals surface area contributed by atoms with E-state index in [9.17, 15) is 18.0 Å². The topological polar surface area (TPSA) is 80.0 Å². The van der Waals surface area contributed by atoms with Gasteiger partial charge in [0.15, 0.2) is 0 Å². The van der Waals surface area contributed by atoms with Crippen molar-refractivity contribution in [3.8, 4) is 0 Å². The molecule has 0 aliphatic rings. The maximum atomic E-state index is 13.0. The fraction of sp³-hybridized carbons (Fsp3) is 0.400. The summed E-state index contributed by atoms with van der Waals surface area (Å²) in [6.07, 6.45) is -2.83. The highest BCUT2D eigenvalue weighted by atomic mass is 19.3. The maximum absolute atomic E-state index is 13.0. The molecular formula is C15H17F3N4O2. The van der Waals surface area contributed by atoms with Gasteiger partial charge in [0.2, 0.25) is 11.7 Å². The van der Waals surface area contributed by atoms with E-state index in [2.05, 4.69) is 25.3 Å². The van der Waals surface area contributed by atoms with Crippen LogP contribution in [0.3, 0.4) is 0 Å². The summed E-state index contributed by atoms with van der Waals surface area (Å²) in [5.74, 6) is -1.16. The van der Waals surface area contributed by atoms with Crippen LogP contribution in [-0.2, 0) is 12.0 Å². The third kappa shape index (κ3) is 4.71. The molecule has 9 heteroatoms. The van der Waals surface area contributed by atoms with Crippen LogP contribution in [0.15, 0.2) is 28.8 Å². The van der Waals surface area contributed by atoms with Crippen LogP contribution in [0.2, 0.25) is 0 Å². The standard InChI is InChI=1S/C15H17F3N4O2/c1-15(2,9-3-5-10(16)6-4-9)8-20-14(23)19-7-11-21-13(12(17)18)22-24-11/h3-6,12H,7-8H2,1-2H3,(H2,19,20,23). The first-order valence-electron chi connectivity index (χ1n) is 7.16. The molecule has 1 heterocycles. The number of hydrogen-bond donors (Lipinski definition) is 2. The average Bonchev–Trinajstić information content (AvgIpc) is 3.01. The normalized spacial score (nSPS) is 11.6. The number of carbonyl (C=O) groups is 1. The van der Waals surface area contributed by atoms with Crippen molar-refractivity contribution < 1.29 is 22.5 Å². The number of alkyl halides is 2. The Morgan fingerprint density at radius 1 is 1.25 bits per heavy atom. The van der Waals surface area contributed by atoms with Crippen LogP contribution < -0.4 is 10.6 Å². The molecule has 0 saturated heterocycles. The monoisotopic (exact) mass is 342 g/mol. The second-order valence-corrected chi connectivity index (χ2v) is 5.77. The Kier molecular flexibility index (Phi) is 5.42. The number of amides is 2. The molecule has 130 valence electrons. The largest absolute Gasteiger partial charge is 0.337 e. The number of urea groups is 1. The van der Waals surface area contributed by atoms with Gasteiger partial charge >= 0.3 is 12.5 Å². The Balaban J connectivity index is 1.82. The predicted octanol–water partition coefficient (Wildman–Crippen LogP) is 2.92. The second-order valence-electron chi connectivity index (χ2n) is 5.77. The molecule has 0 fully saturated rings. The van der Waals surface area contributed by atoms with Crippen LogP contribution >= 0.6 is 0 Å². The Labute approximate surface area is 136 Å². The van der Waals surface area contributed by atoms with Crippen molar-refractivity contribution in [2.24, 2.45) is 0 Å². The summed E-state index contributed by atoms with van der Waals surface area (Å²) in [5, 5.41) is 8.17. The zero-order valence-electron chi connectivity index (χ0n) is 13.1. The molecule has 6 nitrogen and oxygen atoms in total. The van der Waals surface area contributed by atoms with Gasteiger partial charge in [-0.25, -0.2) is 18.0 Å². The Bertz CT molecular complexity index is 686. The third-order valence-corrected chi connectivity index (χ3v) is 3.40. The minimum absolute atomic E-state index is 0.113. The summed E-state index contributed by atoms with van der Waals surface area (Å²) >= 11 is 0. The van der Waals surface area contributed by atoms with Crippen LogP contribution in [0.25, 0.3) is 0 Å². The summed E-state index contributed by atoms with van der Waals surface area (Å²) in [4.78, 5) is 15.2. The molecular weight excluding hydrogens is 325 g/mol. The number of hydrogen-bond acceptors (Lipinski definition) is 4. The van der Waals surface area contributed by atoms with Crippen molar-refractivity contribution in [2.45, 2.75) is 32.2 Å². The van der Waals surface area contributed by atoms with Gasteiger partial charge in [0.05, 0.1) is 6.54 Å². The van der Waals surface area contributed by atoms with Crippen molar-refractivity contribution in [1.82, 2.24) is 20.8 Å². The highest BCUT2D eigenvalue weighted by Crippen LogP contribution is 2.22. The summed E-state index contributed by atoms with van der Waals surface area (Å²) in [6, 6.07) is 5.50. The number of halogens is 3. The van der Waals surface area contributed by atoms with Crippen molar-refractivity contribution in [1.29, 1.82) is 0 Å². The molecule has 0 aliphatic carbocycles. The van der Waals surface area contributed by atoms with E-state index in [1.54, 1.807) is 12.1 Å². The van der Waals surface area contributed by atoms with E-state index >= 15 is 0 Å². The first-order valence-corrected chi connectivity index (χ1v) is 7.16. The minimum Gasteiger partial charge on any atom is -0.337 e. The van der Waals surface area contributed by atoms with Crippen LogP contribution in [0, 0.1) is 5.82 Å². The molecule has 2 amide bonds. The minimum atomic E-state index is -2.83. The summed E-state index contributed by atoms with van der Waals surface area (Å²) in [5.41, 5.74) is 0.445. The van der Waals surface area contributed by atoms with E-state index in [0.29, 0.717) is 0 Å². The Morgan fingerprint density at radius 3 is 2.50 bits per heavy atom. The van der Waals surface area contributed by atoms with Crippen LogP contribution in [0.1, 0.15) is 37.6 Å². The molecule has 1 aromatic heterocycles. The molecule has 0 aliphatic heterocycles. The van der Waals surface area contributed by atoms with Crippen molar-refractivity contribution in [3.05, 3.63) is 47.4 Å². The van der Waals surface area contributed by atoms with Crippen LogP contribution in [0.5, 0.6) is 0 Å². The van der Waals surface area contributed by atoms with Gasteiger partial charge in [0.1, 0.15) is 5.82 Å². The molecule has 0 bridgehead atoms. The molecule has 0 spiro atoms. The van der Waals surface area contributed by atoms with E-state index in [1.165, 1.54) is 12.1 Å². The van der Waals surface area contributed by atoms with Gasteiger partial charge < -0.3 is 15.2 Å². The number of benzene rings is 1. The van der Waals surface area contributed by atoms with Gasteiger partial charge in [-0.3, -0.25) is 0 Å². The van der Waals surface area contributed by atoms with Gasteiger partial charge in [-0.15, -0.1) is 0 Å². The predicted molar refractivity (Wildman–Crippen MR) is 78.9 cm³/mol. The number of rotatable bonds is 6. The molecule has 24 heavy (non-hydrogen) atoms.